The van der Waals surface area contributed by atoms with Gasteiger partial charge in [-0.3, -0.25) is 14.6 Å². The molecule has 0 unspecified atom stereocenters. The second-order valence-corrected chi connectivity index (χ2v) is 8.70. The van der Waals surface area contributed by atoms with Gasteiger partial charge in [-0.1, -0.05) is 6.07 Å². The van der Waals surface area contributed by atoms with Gasteiger partial charge in [-0.2, -0.15) is 0 Å². The van der Waals surface area contributed by atoms with E-state index in [-0.39, 0.29) is 17.2 Å². The van der Waals surface area contributed by atoms with E-state index in [4.69, 9.17) is 0 Å². The molecule has 0 radical (unpaired) electrons. The Morgan fingerprint density at radius 2 is 1.76 bits per heavy atom. The summed E-state index contributed by atoms with van der Waals surface area (Å²) in [5, 5.41) is 0. The highest BCUT2D eigenvalue weighted by Crippen LogP contribution is 2.40. The first-order valence-electron chi connectivity index (χ1n) is 10.5. The number of carbonyl (C=O) groups excluding carboxylic acids is 2. The number of hydrogen-bond acceptors (Lipinski definition) is 3. The number of piperidine rings is 2. The molecule has 2 saturated heterocycles. The van der Waals surface area contributed by atoms with Gasteiger partial charge in [0.1, 0.15) is 0 Å². The van der Waals surface area contributed by atoms with Crippen LogP contribution in [0.1, 0.15) is 52.7 Å². The molecule has 0 aliphatic carbocycles. The van der Waals surface area contributed by atoms with Gasteiger partial charge in [-0.05, 0) is 79.5 Å². The largest absolute Gasteiger partial charge is 0.339 e. The third-order valence-corrected chi connectivity index (χ3v) is 6.74. The zero-order chi connectivity index (χ0) is 20.4. The minimum absolute atomic E-state index is 0.128. The third kappa shape index (κ3) is 4.19. The standard InChI is InChI=1S/C24H29N3O2/c1-18-3-4-21(15-19(18)2)23(29)26-13-9-24(10-14-26)8-5-22(28)27(17-24)16-20-6-11-25-12-7-20/h3-4,6-7,11-12,15H,5,8-10,13-14,16-17H2,1-2H3. The van der Waals surface area contributed by atoms with Crippen molar-refractivity contribution >= 4 is 11.8 Å². The van der Waals surface area contributed by atoms with Crippen molar-refractivity contribution in [2.45, 2.75) is 46.1 Å². The number of hydrogen-bond donors (Lipinski definition) is 0. The SMILES string of the molecule is Cc1ccc(C(=O)N2CCC3(CCC(=O)N(Cc4ccncc4)C3)CC2)cc1C. The summed E-state index contributed by atoms with van der Waals surface area (Å²) in [5.74, 6) is 0.365. The first kappa shape index (κ1) is 19.6. The predicted octanol–water partition coefficient (Wildman–Crippen LogP) is 3.74. The van der Waals surface area contributed by atoms with Crippen molar-refractivity contribution in [2.75, 3.05) is 19.6 Å². The summed E-state index contributed by atoms with van der Waals surface area (Å²) in [6.45, 7) is 7.09. The topological polar surface area (TPSA) is 53.5 Å². The van der Waals surface area contributed by atoms with Crippen LogP contribution in [0.3, 0.4) is 0 Å². The van der Waals surface area contributed by atoms with Gasteiger partial charge in [-0.25, -0.2) is 0 Å². The summed E-state index contributed by atoms with van der Waals surface area (Å²) >= 11 is 0. The maximum atomic E-state index is 12.9. The first-order chi connectivity index (χ1) is 14.0. The molecule has 1 spiro atoms. The Balaban J connectivity index is 1.40. The van der Waals surface area contributed by atoms with Gasteiger partial charge >= 0.3 is 0 Å². The van der Waals surface area contributed by atoms with Crippen molar-refractivity contribution in [2.24, 2.45) is 5.41 Å². The van der Waals surface area contributed by atoms with Crippen molar-refractivity contribution in [3.8, 4) is 0 Å². The summed E-state index contributed by atoms with van der Waals surface area (Å²) < 4.78 is 0. The fourth-order valence-corrected chi connectivity index (χ4v) is 4.60. The Bertz CT molecular complexity index is 902. The molecule has 0 atom stereocenters. The summed E-state index contributed by atoms with van der Waals surface area (Å²) in [6, 6.07) is 9.90. The van der Waals surface area contributed by atoms with Crippen LogP contribution in [-0.4, -0.2) is 46.2 Å². The van der Waals surface area contributed by atoms with Crippen molar-refractivity contribution < 1.29 is 9.59 Å². The number of benzene rings is 1. The normalized spacial score (nSPS) is 18.9. The number of amides is 2. The lowest BCUT2D eigenvalue weighted by molar-refractivity contribution is -0.139. The van der Waals surface area contributed by atoms with Crippen LogP contribution < -0.4 is 0 Å². The van der Waals surface area contributed by atoms with E-state index in [2.05, 4.69) is 11.9 Å². The molecule has 4 rings (SSSR count). The molecule has 5 nitrogen and oxygen atoms in total. The van der Waals surface area contributed by atoms with E-state index in [1.54, 1.807) is 12.4 Å². The number of nitrogens with zero attached hydrogens (tertiary/aromatic N) is 3. The molecule has 2 fully saturated rings. The van der Waals surface area contributed by atoms with Crippen LogP contribution in [0.15, 0.2) is 42.7 Å². The van der Waals surface area contributed by atoms with Gasteiger partial charge in [0.25, 0.3) is 5.91 Å². The van der Waals surface area contributed by atoms with Gasteiger partial charge in [0.2, 0.25) is 5.91 Å². The second kappa shape index (κ2) is 7.97. The molecule has 29 heavy (non-hydrogen) atoms. The molecule has 5 heteroatoms. The van der Waals surface area contributed by atoms with Crippen molar-refractivity contribution in [1.82, 2.24) is 14.8 Å². The van der Waals surface area contributed by atoms with Crippen molar-refractivity contribution in [3.05, 3.63) is 65.0 Å². The van der Waals surface area contributed by atoms with Gasteiger partial charge in [0, 0.05) is 50.6 Å². The highest BCUT2D eigenvalue weighted by atomic mass is 16.2. The number of pyridine rings is 1. The molecule has 1 aromatic heterocycles. The van der Waals surface area contributed by atoms with Gasteiger partial charge < -0.3 is 9.80 Å². The Hall–Kier alpha value is -2.69. The third-order valence-electron chi connectivity index (χ3n) is 6.74. The number of likely N-dealkylation sites (tertiary alicyclic amines) is 2. The fourth-order valence-electron chi connectivity index (χ4n) is 4.60. The fraction of sp³-hybridized carbons (Fsp3) is 0.458. The molecule has 1 aromatic carbocycles. The van der Waals surface area contributed by atoms with E-state index in [1.165, 1.54) is 5.56 Å². The molecule has 0 N–H and O–H groups in total. The summed E-state index contributed by atoms with van der Waals surface area (Å²) in [5.41, 5.74) is 4.40. The van der Waals surface area contributed by atoms with Crippen LogP contribution in [0.4, 0.5) is 0 Å². The molecule has 2 aliphatic heterocycles. The number of rotatable bonds is 3. The summed E-state index contributed by atoms with van der Waals surface area (Å²) in [7, 11) is 0. The molecule has 0 saturated carbocycles. The van der Waals surface area contributed by atoms with Gasteiger partial charge in [0.15, 0.2) is 0 Å². The maximum absolute atomic E-state index is 12.9. The molecule has 2 aliphatic rings. The average Bonchev–Trinajstić information content (AvgIpc) is 2.74. The van der Waals surface area contributed by atoms with Crippen LogP contribution in [-0.2, 0) is 11.3 Å². The Morgan fingerprint density at radius 3 is 2.45 bits per heavy atom. The van der Waals surface area contributed by atoms with Crippen molar-refractivity contribution in [1.29, 1.82) is 0 Å². The van der Waals surface area contributed by atoms with Crippen LogP contribution >= 0.6 is 0 Å². The Morgan fingerprint density at radius 1 is 1.03 bits per heavy atom. The van der Waals surface area contributed by atoms with Gasteiger partial charge in [0.05, 0.1) is 0 Å². The maximum Gasteiger partial charge on any atom is 0.253 e. The molecule has 152 valence electrons. The molecule has 2 amide bonds. The average molecular weight is 392 g/mol. The number of carbonyl (C=O) groups is 2. The van der Waals surface area contributed by atoms with Gasteiger partial charge in [-0.15, -0.1) is 0 Å². The van der Waals surface area contributed by atoms with E-state index in [0.717, 1.165) is 55.6 Å². The summed E-state index contributed by atoms with van der Waals surface area (Å²) in [6.07, 6.45) is 7.01. The molecular weight excluding hydrogens is 362 g/mol. The highest BCUT2D eigenvalue weighted by Gasteiger charge is 2.41. The molecular formula is C24H29N3O2. The summed E-state index contributed by atoms with van der Waals surface area (Å²) in [4.78, 5) is 33.5. The molecule has 2 aromatic rings. The van der Waals surface area contributed by atoms with E-state index >= 15 is 0 Å². The Labute approximate surface area is 172 Å². The first-order valence-corrected chi connectivity index (χ1v) is 10.5. The van der Waals surface area contributed by atoms with E-state index in [1.807, 2.05) is 47.1 Å². The lowest BCUT2D eigenvalue weighted by atomic mass is 9.72. The van der Waals surface area contributed by atoms with E-state index < -0.39 is 0 Å². The highest BCUT2D eigenvalue weighted by molar-refractivity contribution is 5.94. The lowest BCUT2D eigenvalue weighted by Gasteiger charge is -2.47. The van der Waals surface area contributed by atoms with Crippen LogP contribution in [0.2, 0.25) is 0 Å². The zero-order valence-electron chi connectivity index (χ0n) is 17.4. The Kier molecular flexibility index (Phi) is 5.39. The van der Waals surface area contributed by atoms with Crippen molar-refractivity contribution in [3.63, 3.8) is 0 Å². The lowest BCUT2D eigenvalue weighted by Crippen LogP contribution is -2.52. The zero-order valence-corrected chi connectivity index (χ0v) is 17.4. The van der Waals surface area contributed by atoms with Crippen LogP contribution in [0.5, 0.6) is 0 Å². The minimum Gasteiger partial charge on any atom is -0.339 e. The number of aromatic nitrogens is 1. The monoisotopic (exact) mass is 391 g/mol. The predicted molar refractivity (Wildman–Crippen MR) is 112 cm³/mol. The molecule has 3 heterocycles. The number of aryl methyl sites for hydroxylation is 2. The smallest absolute Gasteiger partial charge is 0.253 e. The van der Waals surface area contributed by atoms with Crippen LogP contribution in [0, 0.1) is 19.3 Å². The second-order valence-electron chi connectivity index (χ2n) is 8.70. The minimum atomic E-state index is 0.128. The van der Waals surface area contributed by atoms with Crippen LogP contribution in [0.25, 0.3) is 0 Å². The van der Waals surface area contributed by atoms with E-state index in [9.17, 15) is 9.59 Å². The molecule has 0 bridgehead atoms. The quantitative estimate of drug-likeness (QED) is 0.801. The van der Waals surface area contributed by atoms with E-state index in [0.29, 0.717) is 13.0 Å².